The zero-order chi connectivity index (χ0) is 14.4. The fourth-order valence-electron chi connectivity index (χ4n) is 2.56. The maximum atomic E-state index is 11.9. The molecule has 1 fully saturated rings. The third-order valence-electron chi connectivity index (χ3n) is 3.64. The number of methoxy groups -OCH3 is 1. The summed E-state index contributed by atoms with van der Waals surface area (Å²) in [6.45, 7) is 0. The number of nitrogens with zero attached hydrogens (tertiary/aromatic N) is 2. The second-order valence-corrected chi connectivity index (χ2v) is 5.53. The summed E-state index contributed by atoms with van der Waals surface area (Å²) in [5, 5.41) is 2.92. The van der Waals surface area contributed by atoms with Gasteiger partial charge in [-0.2, -0.15) is 4.98 Å². The second kappa shape index (κ2) is 7.43. The highest BCUT2D eigenvalue weighted by Crippen LogP contribution is 2.27. The number of ether oxygens (including phenoxy) is 1. The van der Waals surface area contributed by atoms with E-state index in [2.05, 4.69) is 15.3 Å². The van der Waals surface area contributed by atoms with Crippen LogP contribution in [-0.2, 0) is 4.79 Å². The Hall–Kier alpha value is -1.36. The van der Waals surface area contributed by atoms with E-state index in [1.165, 1.54) is 45.3 Å². The summed E-state index contributed by atoms with van der Waals surface area (Å²) in [6, 6.07) is 1.50. The van der Waals surface area contributed by atoms with Gasteiger partial charge in [-0.15, -0.1) is 0 Å². The highest BCUT2D eigenvalue weighted by molar-refractivity contribution is 6.29. The van der Waals surface area contributed by atoms with Gasteiger partial charge in [0.25, 0.3) is 0 Å². The third-order valence-corrected chi connectivity index (χ3v) is 3.83. The molecule has 1 N–H and O–H groups in total. The quantitative estimate of drug-likeness (QED) is 0.846. The number of amides is 1. The average Bonchev–Trinajstić information content (AvgIpc) is 2.45. The highest BCUT2D eigenvalue weighted by atomic mass is 35.5. The average molecular weight is 298 g/mol. The minimum Gasteiger partial charge on any atom is -0.481 e. The minimum absolute atomic E-state index is 0.0695. The summed E-state index contributed by atoms with van der Waals surface area (Å²) in [6.07, 6.45) is 7.84. The van der Waals surface area contributed by atoms with E-state index in [-0.39, 0.29) is 17.0 Å². The smallest absolute Gasteiger partial charge is 0.234 e. The van der Waals surface area contributed by atoms with Crippen LogP contribution in [0.15, 0.2) is 6.07 Å². The maximum absolute atomic E-state index is 11.9. The van der Waals surface area contributed by atoms with Crippen LogP contribution in [0.1, 0.15) is 44.9 Å². The summed E-state index contributed by atoms with van der Waals surface area (Å²) in [5.74, 6) is 1.15. The van der Waals surface area contributed by atoms with Gasteiger partial charge in [0.05, 0.1) is 7.11 Å². The lowest BCUT2D eigenvalue weighted by atomic mass is 9.86. The third kappa shape index (κ3) is 4.63. The van der Waals surface area contributed by atoms with Gasteiger partial charge in [-0.3, -0.25) is 10.1 Å². The van der Waals surface area contributed by atoms with Gasteiger partial charge >= 0.3 is 0 Å². The molecule has 1 aliphatic carbocycles. The Balaban J connectivity index is 1.83. The molecule has 0 bridgehead atoms. The molecule has 20 heavy (non-hydrogen) atoms. The fourth-order valence-corrected chi connectivity index (χ4v) is 2.73. The number of rotatable bonds is 5. The monoisotopic (exact) mass is 297 g/mol. The molecule has 0 aromatic carbocycles. The normalized spacial score (nSPS) is 15.9. The van der Waals surface area contributed by atoms with Crippen molar-refractivity contribution in [2.24, 2.45) is 5.92 Å². The molecule has 1 heterocycles. The first-order chi connectivity index (χ1) is 9.67. The zero-order valence-corrected chi connectivity index (χ0v) is 12.4. The Morgan fingerprint density at radius 1 is 1.40 bits per heavy atom. The van der Waals surface area contributed by atoms with E-state index in [0.29, 0.717) is 18.2 Å². The molecule has 0 radical (unpaired) electrons. The van der Waals surface area contributed by atoms with Crippen molar-refractivity contribution in [3.8, 4) is 5.88 Å². The van der Waals surface area contributed by atoms with Gasteiger partial charge in [0, 0.05) is 12.5 Å². The Bertz CT molecular complexity index is 462. The van der Waals surface area contributed by atoms with Crippen molar-refractivity contribution in [2.75, 3.05) is 12.4 Å². The number of hydrogen-bond donors (Lipinski definition) is 1. The Labute approximate surface area is 124 Å². The number of anilines is 1. The predicted octanol–water partition coefficient (Wildman–Crippen LogP) is 3.44. The topological polar surface area (TPSA) is 64.1 Å². The Kier molecular flexibility index (Phi) is 5.59. The van der Waals surface area contributed by atoms with Gasteiger partial charge < -0.3 is 4.74 Å². The molecular weight excluding hydrogens is 278 g/mol. The van der Waals surface area contributed by atoms with Crippen molar-refractivity contribution in [3.63, 3.8) is 0 Å². The van der Waals surface area contributed by atoms with Crippen molar-refractivity contribution < 1.29 is 9.53 Å². The number of carbonyl (C=O) groups is 1. The molecule has 1 aromatic heterocycles. The Morgan fingerprint density at radius 2 is 2.15 bits per heavy atom. The van der Waals surface area contributed by atoms with Gasteiger partial charge in [0.2, 0.25) is 17.7 Å². The number of nitrogens with one attached hydrogen (secondary N) is 1. The predicted molar refractivity (Wildman–Crippen MR) is 78.0 cm³/mol. The molecule has 1 aliphatic rings. The van der Waals surface area contributed by atoms with Crippen LogP contribution in [0.3, 0.4) is 0 Å². The van der Waals surface area contributed by atoms with Crippen LogP contribution >= 0.6 is 11.6 Å². The van der Waals surface area contributed by atoms with Crippen LogP contribution in [0, 0.1) is 5.92 Å². The van der Waals surface area contributed by atoms with Crippen LogP contribution in [0.25, 0.3) is 0 Å². The van der Waals surface area contributed by atoms with E-state index < -0.39 is 0 Å². The fraction of sp³-hybridized carbons (Fsp3) is 0.643. The molecule has 1 saturated carbocycles. The molecule has 1 amide bonds. The molecule has 0 atom stereocenters. The van der Waals surface area contributed by atoms with Crippen molar-refractivity contribution in [1.29, 1.82) is 0 Å². The summed E-state index contributed by atoms with van der Waals surface area (Å²) < 4.78 is 4.99. The molecule has 6 heteroatoms. The van der Waals surface area contributed by atoms with E-state index in [1.807, 2.05) is 0 Å². The zero-order valence-electron chi connectivity index (χ0n) is 11.7. The van der Waals surface area contributed by atoms with Crippen molar-refractivity contribution in [3.05, 3.63) is 11.2 Å². The van der Waals surface area contributed by atoms with Crippen molar-refractivity contribution in [2.45, 2.75) is 44.9 Å². The summed E-state index contributed by atoms with van der Waals surface area (Å²) in [4.78, 5) is 19.9. The highest BCUT2D eigenvalue weighted by Gasteiger charge is 2.15. The van der Waals surface area contributed by atoms with Crippen LogP contribution in [0.5, 0.6) is 5.88 Å². The number of halogens is 1. The van der Waals surface area contributed by atoms with Crippen molar-refractivity contribution >= 4 is 23.5 Å². The first kappa shape index (κ1) is 15.0. The first-order valence-electron chi connectivity index (χ1n) is 7.06. The van der Waals surface area contributed by atoms with E-state index in [0.717, 1.165) is 6.42 Å². The molecule has 0 saturated heterocycles. The lowest BCUT2D eigenvalue weighted by Gasteiger charge is -2.20. The number of aromatic nitrogens is 2. The van der Waals surface area contributed by atoms with Gasteiger partial charge in [0.1, 0.15) is 5.15 Å². The van der Waals surface area contributed by atoms with Gasteiger partial charge in [-0.25, -0.2) is 4.98 Å². The minimum atomic E-state index is -0.0695. The van der Waals surface area contributed by atoms with Crippen molar-refractivity contribution in [1.82, 2.24) is 9.97 Å². The Morgan fingerprint density at radius 3 is 2.85 bits per heavy atom. The summed E-state index contributed by atoms with van der Waals surface area (Å²) in [5.41, 5.74) is 0. The van der Waals surface area contributed by atoms with Gasteiger partial charge in [0.15, 0.2) is 0 Å². The van der Waals surface area contributed by atoms with Gasteiger partial charge in [-0.05, 0) is 12.3 Å². The summed E-state index contributed by atoms with van der Waals surface area (Å²) in [7, 11) is 1.49. The van der Waals surface area contributed by atoms with Crippen LogP contribution < -0.4 is 10.1 Å². The number of hydrogen-bond acceptors (Lipinski definition) is 4. The largest absolute Gasteiger partial charge is 0.481 e. The SMILES string of the molecule is COc1cc(Cl)nc(NC(=O)CCC2CCCCC2)n1. The summed E-state index contributed by atoms with van der Waals surface area (Å²) >= 11 is 5.83. The molecule has 0 unspecified atom stereocenters. The molecule has 2 rings (SSSR count). The van der Waals surface area contributed by atoms with E-state index in [1.54, 1.807) is 0 Å². The lowest BCUT2D eigenvalue weighted by molar-refractivity contribution is -0.116. The molecule has 0 spiro atoms. The molecule has 5 nitrogen and oxygen atoms in total. The first-order valence-corrected chi connectivity index (χ1v) is 7.43. The van der Waals surface area contributed by atoms with Crippen LogP contribution in [0.2, 0.25) is 5.15 Å². The van der Waals surface area contributed by atoms with E-state index in [4.69, 9.17) is 16.3 Å². The molecule has 1 aromatic rings. The maximum Gasteiger partial charge on any atom is 0.234 e. The van der Waals surface area contributed by atoms with Crippen LogP contribution in [0.4, 0.5) is 5.95 Å². The van der Waals surface area contributed by atoms with Crippen LogP contribution in [-0.4, -0.2) is 23.0 Å². The number of carbonyl (C=O) groups excluding carboxylic acids is 1. The second-order valence-electron chi connectivity index (χ2n) is 5.15. The molecule has 110 valence electrons. The van der Waals surface area contributed by atoms with E-state index in [9.17, 15) is 4.79 Å². The molecular formula is C14H20ClN3O2. The van der Waals surface area contributed by atoms with Gasteiger partial charge in [-0.1, -0.05) is 43.7 Å². The molecule has 0 aliphatic heterocycles. The standard InChI is InChI=1S/C14H20ClN3O2/c1-20-13-9-11(15)16-14(18-13)17-12(19)8-7-10-5-3-2-4-6-10/h9-10H,2-8H2,1H3,(H,16,17,18,19). The lowest BCUT2D eigenvalue weighted by Crippen LogP contribution is -2.16. The van der Waals surface area contributed by atoms with E-state index >= 15 is 0 Å².